The van der Waals surface area contributed by atoms with Crippen molar-refractivity contribution in [3.63, 3.8) is 0 Å². The Morgan fingerprint density at radius 1 is 0.952 bits per heavy atom. The van der Waals surface area contributed by atoms with E-state index in [1.807, 2.05) is 20.8 Å². The zero-order chi connectivity index (χ0) is 15.7. The molecule has 0 spiro atoms. The van der Waals surface area contributed by atoms with Gasteiger partial charge in [0.25, 0.3) is 0 Å². The smallest absolute Gasteiger partial charge is 0.339 e. The first-order chi connectivity index (χ1) is 9.70. The molecular formula is C16H17FO3S. The second-order valence-corrected chi connectivity index (χ2v) is 7.29. The van der Waals surface area contributed by atoms with E-state index in [1.54, 1.807) is 12.1 Å². The third-order valence-corrected chi connectivity index (χ3v) is 4.29. The Morgan fingerprint density at radius 2 is 1.52 bits per heavy atom. The highest BCUT2D eigenvalue weighted by molar-refractivity contribution is 7.87. The molecule has 0 amide bonds. The molecule has 0 aliphatic rings. The van der Waals surface area contributed by atoms with Gasteiger partial charge in [-0.25, -0.2) is 4.39 Å². The van der Waals surface area contributed by atoms with E-state index in [2.05, 4.69) is 0 Å². The molecule has 3 nitrogen and oxygen atoms in total. The van der Waals surface area contributed by atoms with E-state index in [0.29, 0.717) is 0 Å². The molecule has 0 unspecified atom stereocenters. The zero-order valence-corrected chi connectivity index (χ0v) is 12.9. The van der Waals surface area contributed by atoms with Gasteiger partial charge >= 0.3 is 10.1 Å². The molecule has 0 saturated heterocycles. The maximum absolute atomic E-state index is 13.5. The van der Waals surface area contributed by atoms with Gasteiger partial charge in [-0.3, -0.25) is 0 Å². The summed E-state index contributed by atoms with van der Waals surface area (Å²) in [7, 11) is -4.04. The number of para-hydroxylation sites is 1. The standard InChI is InChI=1S/C16H17FO3S/c1-16(2,3)12-8-10-13(11-9-12)21(18,19)20-15-7-5-4-6-14(15)17/h4-11H,1-3H3. The van der Waals surface area contributed by atoms with E-state index >= 15 is 0 Å². The Morgan fingerprint density at radius 3 is 2.05 bits per heavy atom. The SMILES string of the molecule is CC(C)(C)c1ccc(S(=O)(=O)Oc2ccccc2F)cc1. The molecule has 0 saturated carbocycles. The Hall–Kier alpha value is -1.88. The first kappa shape index (κ1) is 15.5. The van der Waals surface area contributed by atoms with Crippen LogP contribution in [0.5, 0.6) is 5.75 Å². The molecule has 0 bridgehead atoms. The van der Waals surface area contributed by atoms with E-state index in [-0.39, 0.29) is 16.1 Å². The lowest BCUT2D eigenvalue weighted by atomic mass is 9.87. The predicted molar refractivity (Wildman–Crippen MR) is 79.4 cm³/mol. The lowest BCUT2D eigenvalue weighted by molar-refractivity contribution is 0.461. The normalized spacial score (nSPS) is 12.2. The van der Waals surface area contributed by atoms with Crippen molar-refractivity contribution in [2.45, 2.75) is 31.1 Å². The van der Waals surface area contributed by atoms with Crippen LogP contribution in [0.15, 0.2) is 53.4 Å². The molecule has 0 N–H and O–H groups in total. The molecule has 2 rings (SSSR count). The van der Waals surface area contributed by atoms with Gasteiger partial charge in [0.15, 0.2) is 11.6 Å². The summed E-state index contributed by atoms with van der Waals surface area (Å²) in [5.74, 6) is -1.02. The maximum atomic E-state index is 13.5. The summed E-state index contributed by atoms with van der Waals surface area (Å²) in [5.41, 5.74) is 0.932. The Labute approximate surface area is 124 Å². The van der Waals surface area contributed by atoms with Gasteiger partial charge in [-0.2, -0.15) is 8.42 Å². The van der Waals surface area contributed by atoms with Crippen LogP contribution in [0.2, 0.25) is 0 Å². The molecule has 0 aromatic heterocycles. The average Bonchev–Trinajstić information content (AvgIpc) is 2.40. The van der Waals surface area contributed by atoms with Crippen molar-refractivity contribution in [1.82, 2.24) is 0 Å². The largest absolute Gasteiger partial charge is 0.376 e. The fourth-order valence-corrected chi connectivity index (χ4v) is 2.74. The van der Waals surface area contributed by atoms with Crippen molar-refractivity contribution in [2.24, 2.45) is 0 Å². The summed E-state index contributed by atoms with van der Waals surface area (Å²) in [6.07, 6.45) is 0. The van der Waals surface area contributed by atoms with Crippen LogP contribution in [-0.2, 0) is 15.5 Å². The minimum Gasteiger partial charge on any atom is -0.376 e. The number of benzene rings is 2. The number of hydrogen-bond donors (Lipinski definition) is 0. The van der Waals surface area contributed by atoms with Gasteiger partial charge in [-0.1, -0.05) is 45.0 Å². The van der Waals surface area contributed by atoms with E-state index < -0.39 is 15.9 Å². The van der Waals surface area contributed by atoms with Crippen molar-refractivity contribution >= 4 is 10.1 Å². The lowest BCUT2D eigenvalue weighted by Crippen LogP contribution is -2.13. The van der Waals surface area contributed by atoms with Gasteiger partial charge in [-0.05, 0) is 35.2 Å². The predicted octanol–water partition coefficient (Wildman–Crippen LogP) is 3.89. The second-order valence-electron chi connectivity index (χ2n) is 5.74. The van der Waals surface area contributed by atoms with Gasteiger partial charge in [0.05, 0.1) is 0 Å². The van der Waals surface area contributed by atoms with Crippen molar-refractivity contribution < 1.29 is 17.0 Å². The van der Waals surface area contributed by atoms with Gasteiger partial charge < -0.3 is 4.18 Å². The van der Waals surface area contributed by atoms with Crippen LogP contribution < -0.4 is 4.18 Å². The monoisotopic (exact) mass is 308 g/mol. The van der Waals surface area contributed by atoms with Gasteiger partial charge in [0.1, 0.15) is 4.90 Å². The average molecular weight is 308 g/mol. The first-order valence-corrected chi connectivity index (χ1v) is 7.90. The maximum Gasteiger partial charge on any atom is 0.339 e. The molecule has 0 atom stereocenters. The van der Waals surface area contributed by atoms with E-state index in [9.17, 15) is 12.8 Å². The molecule has 5 heteroatoms. The van der Waals surface area contributed by atoms with Crippen molar-refractivity contribution in [2.75, 3.05) is 0 Å². The molecule has 0 aliphatic heterocycles. The number of halogens is 1. The number of hydrogen-bond acceptors (Lipinski definition) is 3. The third-order valence-electron chi connectivity index (χ3n) is 3.05. The molecule has 0 aliphatic carbocycles. The van der Waals surface area contributed by atoms with E-state index in [0.717, 1.165) is 11.6 Å². The molecule has 21 heavy (non-hydrogen) atoms. The summed E-state index contributed by atoms with van der Waals surface area (Å²) < 4.78 is 42.6. The van der Waals surface area contributed by atoms with E-state index in [4.69, 9.17) is 4.18 Å². The third kappa shape index (κ3) is 3.61. The molecule has 112 valence electrons. The van der Waals surface area contributed by atoms with Crippen molar-refractivity contribution in [3.05, 3.63) is 59.9 Å². The Bertz CT molecular complexity index is 729. The minimum absolute atomic E-state index is 0.00115. The molecular weight excluding hydrogens is 291 g/mol. The molecule has 0 fully saturated rings. The van der Waals surface area contributed by atoms with Crippen LogP contribution in [0.4, 0.5) is 4.39 Å². The van der Waals surface area contributed by atoms with Crippen LogP contribution in [0.1, 0.15) is 26.3 Å². The highest BCUT2D eigenvalue weighted by atomic mass is 32.2. The number of rotatable bonds is 3. The Balaban J connectivity index is 2.30. The molecule has 2 aromatic rings. The fraction of sp³-hybridized carbons (Fsp3) is 0.250. The van der Waals surface area contributed by atoms with Crippen LogP contribution in [0.25, 0.3) is 0 Å². The summed E-state index contributed by atoms with van der Waals surface area (Å²) in [4.78, 5) is -0.00115. The second kappa shape index (κ2) is 5.48. The van der Waals surface area contributed by atoms with Crippen molar-refractivity contribution in [3.8, 4) is 5.75 Å². The summed E-state index contributed by atoms with van der Waals surface area (Å²) in [5, 5.41) is 0. The lowest BCUT2D eigenvalue weighted by Gasteiger charge is -2.19. The molecule has 0 heterocycles. The first-order valence-electron chi connectivity index (χ1n) is 6.50. The van der Waals surface area contributed by atoms with Gasteiger partial charge in [0.2, 0.25) is 0 Å². The quantitative estimate of drug-likeness (QED) is 0.808. The topological polar surface area (TPSA) is 43.4 Å². The minimum atomic E-state index is -4.04. The highest BCUT2D eigenvalue weighted by Crippen LogP contribution is 2.25. The van der Waals surface area contributed by atoms with Crippen molar-refractivity contribution in [1.29, 1.82) is 0 Å². The highest BCUT2D eigenvalue weighted by Gasteiger charge is 2.20. The zero-order valence-electron chi connectivity index (χ0n) is 12.1. The summed E-state index contributed by atoms with van der Waals surface area (Å²) in [6.45, 7) is 6.10. The van der Waals surface area contributed by atoms with Crippen LogP contribution in [-0.4, -0.2) is 8.42 Å². The molecule has 2 aromatic carbocycles. The van der Waals surface area contributed by atoms with Crippen LogP contribution in [0, 0.1) is 5.82 Å². The fourth-order valence-electron chi connectivity index (χ4n) is 1.80. The Kier molecular flexibility index (Phi) is 4.05. The molecule has 0 radical (unpaired) electrons. The van der Waals surface area contributed by atoms with Crippen LogP contribution in [0.3, 0.4) is 0 Å². The van der Waals surface area contributed by atoms with Crippen LogP contribution >= 0.6 is 0 Å². The summed E-state index contributed by atoms with van der Waals surface area (Å²) >= 11 is 0. The van der Waals surface area contributed by atoms with Gasteiger partial charge in [0, 0.05) is 0 Å². The summed E-state index contributed by atoms with van der Waals surface area (Å²) in [6, 6.07) is 11.8. The van der Waals surface area contributed by atoms with E-state index in [1.165, 1.54) is 30.3 Å². The van der Waals surface area contributed by atoms with Gasteiger partial charge in [-0.15, -0.1) is 0 Å².